The lowest BCUT2D eigenvalue weighted by Crippen LogP contribution is -2.20. The summed E-state index contributed by atoms with van der Waals surface area (Å²) >= 11 is 0. The minimum atomic E-state index is 0.0594. The predicted molar refractivity (Wildman–Crippen MR) is 89.0 cm³/mol. The first kappa shape index (κ1) is 17.8. The van der Waals surface area contributed by atoms with Gasteiger partial charge >= 0.3 is 0 Å². The molecule has 1 atom stereocenters. The summed E-state index contributed by atoms with van der Waals surface area (Å²) in [4.78, 5) is 0. The summed E-state index contributed by atoms with van der Waals surface area (Å²) in [6, 6.07) is 6.19. The molecule has 1 aromatic rings. The maximum atomic E-state index is 6.41. The molecule has 3 nitrogen and oxygen atoms in total. The van der Waals surface area contributed by atoms with Gasteiger partial charge in [-0.1, -0.05) is 46.6 Å². The Kier molecular flexibility index (Phi) is 8.21. The number of hydrogen-bond acceptors (Lipinski definition) is 3. The second kappa shape index (κ2) is 9.67. The van der Waals surface area contributed by atoms with Crippen molar-refractivity contribution in [1.82, 2.24) is 0 Å². The standard InChI is InChI=1S/C18H31NO2/c1-5-11-20-16-10-9-15(13-17(16)21-12-6-2)18(19)14(7-3)8-4/h9-10,13-14,18H,5-8,11-12,19H2,1-4H3. The Hall–Kier alpha value is -1.22. The molecule has 0 aliphatic rings. The van der Waals surface area contributed by atoms with Gasteiger partial charge in [0.15, 0.2) is 11.5 Å². The Morgan fingerprint density at radius 2 is 1.48 bits per heavy atom. The molecule has 1 unspecified atom stereocenters. The average molecular weight is 293 g/mol. The summed E-state index contributed by atoms with van der Waals surface area (Å²) in [5.41, 5.74) is 7.55. The number of benzene rings is 1. The van der Waals surface area contributed by atoms with E-state index >= 15 is 0 Å². The van der Waals surface area contributed by atoms with Crippen molar-refractivity contribution in [2.75, 3.05) is 13.2 Å². The third-order valence-electron chi connectivity index (χ3n) is 3.83. The van der Waals surface area contributed by atoms with Gasteiger partial charge in [-0.05, 0) is 36.5 Å². The van der Waals surface area contributed by atoms with Crippen molar-refractivity contribution in [3.05, 3.63) is 23.8 Å². The predicted octanol–water partition coefficient (Wildman–Crippen LogP) is 4.70. The second-order valence-electron chi connectivity index (χ2n) is 5.51. The molecule has 3 heteroatoms. The summed E-state index contributed by atoms with van der Waals surface area (Å²) < 4.78 is 11.6. The highest BCUT2D eigenvalue weighted by Crippen LogP contribution is 2.33. The van der Waals surface area contributed by atoms with Gasteiger partial charge in [0.25, 0.3) is 0 Å². The van der Waals surface area contributed by atoms with Crippen LogP contribution in [0.5, 0.6) is 11.5 Å². The van der Waals surface area contributed by atoms with Crippen LogP contribution in [0.15, 0.2) is 18.2 Å². The molecule has 0 aliphatic heterocycles. The first-order valence-electron chi connectivity index (χ1n) is 8.32. The highest BCUT2D eigenvalue weighted by atomic mass is 16.5. The molecule has 0 spiro atoms. The third kappa shape index (κ3) is 5.24. The largest absolute Gasteiger partial charge is 0.490 e. The Labute approximate surface area is 129 Å². The van der Waals surface area contributed by atoms with Crippen LogP contribution >= 0.6 is 0 Å². The number of nitrogens with two attached hydrogens (primary N) is 1. The highest BCUT2D eigenvalue weighted by Gasteiger charge is 2.18. The molecule has 0 aliphatic carbocycles. The van der Waals surface area contributed by atoms with Crippen LogP contribution in [0.4, 0.5) is 0 Å². The van der Waals surface area contributed by atoms with Gasteiger partial charge < -0.3 is 15.2 Å². The van der Waals surface area contributed by atoms with Gasteiger partial charge in [0.05, 0.1) is 13.2 Å². The summed E-state index contributed by atoms with van der Waals surface area (Å²) in [5.74, 6) is 2.15. The Morgan fingerprint density at radius 1 is 0.905 bits per heavy atom. The fourth-order valence-corrected chi connectivity index (χ4v) is 2.46. The van der Waals surface area contributed by atoms with E-state index in [2.05, 4.69) is 39.8 Å². The Balaban J connectivity index is 2.96. The minimum Gasteiger partial charge on any atom is -0.490 e. The molecule has 2 N–H and O–H groups in total. The number of rotatable bonds is 10. The van der Waals surface area contributed by atoms with Gasteiger partial charge in [-0.3, -0.25) is 0 Å². The van der Waals surface area contributed by atoms with Crippen molar-refractivity contribution in [2.45, 2.75) is 59.4 Å². The van der Waals surface area contributed by atoms with Crippen molar-refractivity contribution in [3.63, 3.8) is 0 Å². The van der Waals surface area contributed by atoms with E-state index in [0.717, 1.165) is 42.7 Å². The fraction of sp³-hybridized carbons (Fsp3) is 0.667. The van der Waals surface area contributed by atoms with E-state index in [-0.39, 0.29) is 6.04 Å². The summed E-state index contributed by atoms with van der Waals surface area (Å²) in [6.07, 6.45) is 4.16. The van der Waals surface area contributed by atoms with Crippen LogP contribution in [-0.2, 0) is 0 Å². The smallest absolute Gasteiger partial charge is 0.161 e. The van der Waals surface area contributed by atoms with Crippen molar-refractivity contribution >= 4 is 0 Å². The van der Waals surface area contributed by atoms with Gasteiger partial charge in [0.1, 0.15) is 0 Å². The van der Waals surface area contributed by atoms with Gasteiger partial charge in [-0.15, -0.1) is 0 Å². The lowest BCUT2D eigenvalue weighted by atomic mass is 9.89. The SMILES string of the molecule is CCCOc1ccc(C(N)C(CC)CC)cc1OCCC. The molecular weight excluding hydrogens is 262 g/mol. The summed E-state index contributed by atoms with van der Waals surface area (Å²) in [6.45, 7) is 10.0. The van der Waals surface area contributed by atoms with E-state index < -0.39 is 0 Å². The van der Waals surface area contributed by atoms with Gasteiger partial charge in [0.2, 0.25) is 0 Å². The Bertz CT molecular complexity index is 402. The quantitative estimate of drug-likeness (QED) is 0.680. The highest BCUT2D eigenvalue weighted by molar-refractivity contribution is 5.44. The van der Waals surface area contributed by atoms with E-state index in [9.17, 15) is 0 Å². The van der Waals surface area contributed by atoms with Crippen LogP contribution in [0.1, 0.15) is 65.0 Å². The molecule has 0 radical (unpaired) electrons. The molecule has 1 aromatic carbocycles. The summed E-state index contributed by atoms with van der Waals surface area (Å²) in [7, 11) is 0. The van der Waals surface area contributed by atoms with Gasteiger partial charge in [-0.25, -0.2) is 0 Å². The van der Waals surface area contributed by atoms with Crippen molar-refractivity contribution in [3.8, 4) is 11.5 Å². The number of ether oxygens (including phenoxy) is 2. The molecular formula is C18H31NO2. The topological polar surface area (TPSA) is 44.5 Å². The van der Waals surface area contributed by atoms with Crippen molar-refractivity contribution in [1.29, 1.82) is 0 Å². The molecule has 21 heavy (non-hydrogen) atoms. The van der Waals surface area contributed by atoms with E-state index in [1.807, 2.05) is 6.07 Å². The molecule has 0 heterocycles. The first-order valence-corrected chi connectivity index (χ1v) is 8.32. The normalized spacial score (nSPS) is 12.5. The molecule has 0 amide bonds. The molecule has 0 saturated heterocycles. The van der Waals surface area contributed by atoms with Crippen molar-refractivity contribution in [2.24, 2.45) is 11.7 Å². The lowest BCUT2D eigenvalue weighted by molar-refractivity contribution is 0.267. The lowest BCUT2D eigenvalue weighted by Gasteiger charge is -2.23. The van der Waals surface area contributed by atoms with E-state index in [4.69, 9.17) is 15.2 Å². The molecule has 0 aromatic heterocycles. The second-order valence-corrected chi connectivity index (χ2v) is 5.51. The molecule has 0 bridgehead atoms. The maximum Gasteiger partial charge on any atom is 0.161 e. The van der Waals surface area contributed by atoms with E-state index in [1.165, 1.54) is 0 Å². The van der Waals surface area contributed by atoms with Gasteiger partial charge in [0, 0.05) is 6.04 Å². The number of hydrogen-bond donors (Lipinski definition) is 1. The molecule has 0 fully saturated rings. The van der Waals surface area contributed by atoms with Crippen LogP contribution in [0.25, 0.3) is 0 Å². The van der Waals surface area contributed by atoms with Crippen LogP contribution < -0.4 is 15.2 Å². The van der Waals surface area contributed by atoms with Crippen LogP contribution in [0.3, 0.4) is 0 Å². The molecule has 120 valence electrons. The van der Waals surface area contributed by atoms with Crippen molar-refractivity contribution < 1.29 is 9.47 Å². The van der Waals surface area contributed by atoms with Crippen LogP contribution in [0, 0.1) is 5.92 Å². The minimum absolute atomic E-state index is 0.0594. The van der Waals surface area contributed by atoms with Gasteiger partial charge in [-0.2, -0.15) is 0 Å². The Morgan fingerprint density at radius 3 is 2.00 bits per heavy atom. The summed E-state index contributed by atoms with van der Waals surface area (Å²) in [5, 5.41) is 0. The third-order valence-corrected chi connectivity index (χ3v) is 3.83. The van der Waals surface area contributed by atoms with Crippen LogP contribution in [-0.4, -0.2) is 13.2 Å². The maximum absolute atomic E-state index is 6.41. The van der Waals surface area contributed by atoms with E-state index in [0.29, 0.717) is 19.1 Å². The zero-order chi connectivity index (χ0) is 15.7. The fourth-order valence-electron chi connectivity index (χ4n) is 2.46. The van der Waals surface area contributed by atoms with E-state index in [1.54, 1.807) is 0 Å². The molecule has 1 rings (SSSR count). The molecule has 0 saturated carbocycles. The zero-order valence-electron chi connectivity index (χ0n) is 14.0. The first-order chi connectivity index (χ1) is 10.2. The average Bonchev–Trinajstić information content (AvgIpc) is 2.52. The van der Waals surface area contributed by atoms with Crippen LogP contribution in [0.2, 0.25) is 0 Å². The monoisotopic (exact) mass is 293 g/mol. The zero-order valence-corrected chi connectivity index (χ0v) is 14.0.